The topological polar surface area (TPSA) is 77.5 Å². The summed E-state index contributed by atoms with van der Waals surface area (Å²) in [4.78, 5) is 32.4. The predicted octanol–water partition coefficient (Wildman–Crippen LogP) is 1.72. The monoisotopic (exact) mass is 340 g/mol. The zero-order valence-electron chi connectivity index (χ0n) is 14.7. The van der Waals surface area contributed by atoms with Crippen molar-refractivity contribution < 1.29 is 4.79 Å². The van der Waals surface area contributed by atoms with Crippen LogP contribution in [-0.4, -0.2) is 65.2 Å². The van der Waals surface area contributed by atoms with Crippen molar-refractivity contribution in [3.05, 3.63) is 18.6 Å². The van der Waals surface area contributed by atoms with Crippen molar-refractivity contribution in [2.45, 2.75) is 25.3 Å². The van der Waals surface area contributed by atoms with Crippen LogP contribution in [0.3, 0.4) is 0 Å². The number of H-pyrrole nitrogens is 1. The maximum absolute atomic E-state index is 12.2. The highest BCUT2D eigenvalue weighted by atomic mass is 16.2. The van der Waals surface area contributed by atoms with E-state index < -0.39 is 0 Å². The molecule has 2 unspecified atom stereocenters. The molecule has 1 amide bonds. The van der Waals surface area contributed by atoms with Gasteiger partial charge in [0.25, 0.3) is 0 Å². The molecule has 0 aromatic carbocycles. The van der Waals surface area contributed by atoms with E-state index in [0.717, 1.165) is 42.8 Å². The third-order valence-electron chi connectivity index (χ3n) is 5.74. The van der Waals surface area contributed by atoms with E-state index in [-0.39, 0.29) is 5.91 Å². The summed E-state index contributed by atoms with van der Waals surface area (Å²) in [5.74, 6) is 2.38. The average Bonchev–Trinajstić information content (AvgIpc) is 3.31. The van der Waals surface area contributed by atoms with Crippen molar-refractivity contribution in [2.24, 2.45) is 16.8 Å². The summed E-state index contributed by atoms with van der Waals surface area (Å²) in [7, 11) is 3.84. The number of aromatic nitrogens is 3. The third-order valence-corrected chi connectivity index (χ3v) is 5.74. The lowest BCUT2D eigenvalue weighted by molar-refractivity contribution is -0.129. The average molecular weight is 340 g/mol. The molecule has 3 heterocycles. The zero-order chi connectivity index (χ0) is 17.4. The van der Waals surface area contributed by atoms with E-state index in [1.807, 2.05) is 17.2 Å². The number of nitrogens with one attached hydrogen (secondary N) is 1. The number of aliphatic imine (C=N–C) groups is 1. The second kappa shape index (κ2) is 6.46. The summed E-state index contributed by atoms with van der Waals surface area (Å²) >= 11 is 0. The molecular weight excluding hydrogens is 316 g/mol. The van der Waals surface area contributed by atoms with Gasteiger partial charge < -0.3 is 19.8 Å². The Kier molecular flexibility index (Phi) is 4.15. The number of hydrogen-bond donors (Lipinski definition) is 1. The Labute approximate surface area is 147 Å². The predicted molar refractivity (Wildman–Crippen MR) is 97.9 cm³/mol. The zero-order valence-corrected chi connectivity index (χ0v) is 14.7. The Morgan fingerprint density at radius 2 is 2.16 bits per heavy atom. The van der Waals surface area contributed by atoms with E-state index in [1.165, 1.54) is 0 Å². The van der Waals surface area contributed by atoms with Crippen molar-refractivity contribution in [3.63, 3.8) is 0 Å². The van der Waals surface area contributed by atoms with Crippen LogP contribution in [0.2, 0.25) is 0 Å². The van der Waals surface area contributed by atoms with Gasteiger partial charge in [0.15, 0.2) is 0 Å². The molecule has 0 spiro atoms. The molecule has 7 heteroatoms. The first-order chi connectivity index (χ1) is 12.2. The summed E-state index contributed by atoms with van der Waals surface area (Å²) in [5.41, 5.74) is 0.879. The number of likely N-dealkylation sites (tertiary alicyclic amines) is 1. The quantitative estimate of drug-likeness (QED) is 0.860. The number of fused-ring (bicyclic) bond motifs is 2. The summed E-state index contributed by atoms with van der Waals surface area (Å²) in [6, 6.07) is 2.50. The second-order valence-electron chi connectivity index (χ2n) is 7.14. The normalized spacial score (nSPS) is 25.8. The lowest BCUT2D eigenvalue weighted by Gasteiger charge is -2.28. The summed E-state index contributed by atoms with van der Waals surface area (Å²) in [6.45, 7) is 1.77. The van der Waals surface area contributed by atoms with Crippen molar-refractivity contribution in [1.29, 1.82) is 0 Å². The van der Waals surface area contributed by atoms with Gasteiger partial charge in [0.1, 0.15) is 17.8 Å². The van der Waals surface area contributed by atoms with Gasteiger partial charge in [-0.05, 0) is 30.7 Å². The molecule has 2 fully saturated rings. The number of aromatic amines is 1. The molecule has 2 atom stereocenters. The van der Waals surface area contributed by atoms with Crippen molar-refractivity contribution >= 4 is 29.0 Å². The second-order valence-corrected chi connectivity index (χ2v) is 7.14. The fraction of sp³-hybridized carbons (Fsp3) is 0.556. The largest absolute Gasteiger partial charge is 0.356 e. The Morgan fingerprint density at radius 1 is 1.40 bits per heavy atom. The van der Waals surface area contributed by atoms with Crippen LogP contribution in [0, 0.1) is 11.8 Å². The van der Waals surface area contributed by atoms with Crippen LogP contribution in [0.4, 0.5) is 5.82 Å². The molecule has 0 bridgehead atoms. The van der Waals surface area contributed by atoms with Crippen LogP contribution in [0.1, 0.15) is 19.3 Å². The molecule has 0 radical (unpaired) electrons. The van der Waals surface area contributed by atoms with Crippen LogP contribution in [0.15, 0.2) is 23.6 Å². The van der Waals surface area contributed by atoms with Gasteiger partial charge in [-0.2, -0.15) is 0 Å². The van der Waals surface area contributed by atoms with Gasteiger partial charge in [-0.3, -0.25) is 4.79 Å². The fourth-order valence-corrected chi connectivity index (χ4v) is 4.40. The lowest BCUT2D eigenvalue weighted by atomic mass is 10.0. The molecule has 2 aromatic heterocycles. The van der Waals surface area contributed by atoms with Crippen LogP contribution < -0.4 is 4.90 Å². The smallest absolute Gasteiger partial charge is 0.227 e. The molecule has 1 saturated heterocycles. The molecule has 1 N–H and O–H groups in total. The Morgan fingerprint density at radius 3 is 2.88 bits per heavy atom. The molecule has 2 aliphatic rings. The minimum absolute atomic E-state index is 0.203. The van der Waals surface area contributed by atoms with Gasteiger partial charge >= 0.3 is 0 Å². The van der Waals surface area contributed by atoms with Gasteiger partial charge in [-0.15, -0.1) is 0 Å². The van der Waals surface area contributed by atoms with E-state index in [1.54, 1.807) is 19.6 Å². The maximum Gasteiger partial charge on any atom is 0.227 e. The number of rotatable bonds is 4. The number of carbonyl (C=O) groups is 1. The number of nitrogens with zero attached hydrogens (tertiary/aromatic N) is 5. The summed E-state index contributed by atoms with van der Waals surface area (Å²) in [6.07, 6.45) is 7.88. The molecule has 25 heavy (non-hydrogen) atoms. The first kappa shape index (κ1) is 16.1. The minimum atomic E-state index is 0.203. The summed E-state index contributed by atoms with van der Waals surface area (Å²) in [5, 5.41) is 1.07. The Bertz CT molecular complexity index is 786. The van der Waals surface area contributed by atoms with Crippen LogP contribution in [0.25, 0.3) is 11.0 Å². The lowest BCUT2D eigenvalue weighted by Crippen LogP contribution is -2.34. The third kappa shape index (κ3) is 2.88. The van der Waals surface area contributed by atoms with E-state index in [9.17, 15) is 4.79 Å². The highest BCUT2D eigenvalue weighted by Crippen LogP contribution is 2.41. The van der Waals surface area contributed by atoms with E-state index in [0.29, 0.717) is 24.3 Å². The Balaban J connectivity index is 1.43. The molecule has 1 aliphatic heterocycles. The van der Waals surface area contributed by atoms with Gasteiger partial charge in [-0.1, -0.05) is 0 Å². The Hall–Kier alpha value is -2.44. The van der Waals surface area contributed by atoms with Crippen molar-refractivity contribution in [3.8, 4) is 0 Å². The van der Waals surface area contributed by atoms with Crippen molar-refractivity contribution in [2.75, 3.05) is 32.1 Å². The number of amides is 1. The van der Waals surface area contributed by atoms with Crippen LogP contribution >= 0.6 is 0 Å². The maximum atomic E-state index is 12.2. The van der Waals surface area contributed by atoms with Crippen molar-refractivity contribution in [1.82, 2.24) is 19.9 Å². The molecule has 2 aromatic rings. The first-order valence-corrected chi connectivity index (χ1v) is 8.86. The van der Waals surface area contributed by atoms with E-state index in [2.05, 4.69) is 31.9 Å². The highest BCUT2D eigenvalue weighted by Gasteiger charge is 2.43. The van der Waals surface area contributed by atoms with Crippen LogP contribution in [-0.2, 0) is 4.79 Å². The van der Waals surface area contributed by atoms with E-state index >= 15 is 0 Å². The molecule has 4 rings (SSSR count). The number of carbonyl (C=O) groups excluding carboxylic acids is 1. The van der Waals surface area contributed by atoms with Gasteiger partial charge in [-0.25, -0.2) is 9.97 Å². The number of hydrogen-bond acceptors (Lipinski definition) is 5. The SMILES string of the molecule is C/N=C/CC(=O)N1CC2CC(N(C)c3ncnc4[nH]ccc34)CC2C1. The number of anilines is 1. The van der Waals surface area contributed by atoms with Gasteiger partial charge in [0.05, 0.1) is 11.8 Å². The summed E-state index contributed by atoms with van der Waals surface area (Å²) < 4.78 is 0. The van der Waals surface area contributed by atoms with E-state index in [4.69, 9.17) is 0 Å². The van der Waals surface area contributed by atoms with Gasteiger partial charge in [0.2, 0.25) is 5.91 Å². The van der Waals surface area contributed by atoms with Gasteiger partial charge in [0, 0.05) is 45.6 Å². The molecule has 132 valence electrons. The highest BCUT2D eigenvalue weighted by molar-refractivity contribution is 5.90. The van der Waals surface area contributed by atoms with Crippen LogP contribution in [0.5, 0.6) is 0 Å². The standard InChI is InChI=1S/C18H24N6O/c1-19-5-4-16(25)24-9-12-7-14(8-13(12)10-24)23(2)18-15-3-6-20-17(15)21-11-22-18/h3,5-6,11-14H,4,7-10H2,1-2H3,(H,20,21,22)/b19-5+. The molecule has 1 aliphatic carbocycles. The fourth-order valence-electron chi connectivity index (χ4n) is 4.40. The molecule has 1 saturated carbocycles. The minimum Gasteiger partial charge on any atom is -0.356 e. The molecule has 7 nitrogen and oxygen atoms in total. The first-order valence-electron chi connectivity index (χ1n) is 8.86. The molecular formula is C18H24N6O.